The van der Waals surface area contributed by atoms with Crippen LogP contribution in [0.4, 0.5) is 0 Å². The first-order valence-corrected chi connectivity index (χ1v) is 8.22. The molecule has 20 heavy (non-hydrogen) atoms. The Balaban J connectivity index is 1.82. The minimum atomic E-state index is 0.0464. The van der Waals surface area contributed by atoms with Crippen LogP contribution in [0.5, 0.6) is 0 Å². The predicted octanol–water partition coefficient (Wildman–Crippen LogP) is 4.51. The summed E-state index contributed by atoms with van der Waals surface area (Å²) in [7, 11) is 0. The smallest absolute Gasteiger partial charge is 0.251 e. The van der Waals surface area contributed by atoms with Gasteiger partial charge in [0.2, 0.25) is 0 Å². The molecule has 1 N–H and O–H groups in total. The van der Waals surface area contributed by atoms with Gasteiger partial charge in [-0.2, -0.15) is 0 Å². The van der Waals surface area contributed by atoms with E-state index in [1.807, 2.05) is 24.3 Å². The largest absolute Gasteiger partial charge is 0.349 e. The molecule has 2 rings (SSSR count). The Bertz CT molecular complexity index is 421. The average Bonchev–Trinajstić information content (AvgIpc) is 2.49. The summed E-state index contributed by atoms with van der Waals surface area (Å²) in [6, 6.07) is 7.90. The lowest BCUT2D eigenvalue weighted by Gasteiger charge is -2.29. The maximum Gasteiger partial charge on any atom is 0.251 e. The van der Waals surface area contributed by atoms with Crippen LogP contribution in [0.15, 0.2) is 24.3 Å². The molecular formula is C17H24ClNO. The van der Waals surface area contributed by atoms with Crippen molar-refractivity contribution >= 4 is 17.5 Å². The number of alkyl halides is 1. The number of nitrogens with one attached hydrogen (secondary N) is 1. The third-order valence-corrected chi connectivity index (χ3v) is 4.56. The van der Waals surface area contributed by atoms with E-state index in [1.54, 1.807) is 0 Å². The third-order valence-electron chi connectivity index (χ3n) is 4.25. The van der Waals surface area contributed by atoms with Gasteiger partial charge < -0.3 is 5.32 Å². The number of carbonyl (C=O) groups excluding carboxylic acids is 1. The molecule has 1 saturated carbocycles. The maximum atomic E-state index is 12.2. The van der Waals surface area contributed by atoms with Crippen molar-refractivity contribution in [3.63, 3.8) is 0 Å². The molecule has 1 aromatic carbocycles. The molecule has 0 heterocycles. The van der Waals surface area contributed by atoms with Crippen LogP contribution in [0.3, 0.4) is 0 Å². The lowest BCUT2D eigenvalue weighted by molar-refractivity contribution is 0.0921. The molecule has 0 aliphatic heterocycles. The molecule has 1 fully saturated rings. The summed E-state index contributed by atoms with van der Waals surface area (Å²) < 4.78 is 0. The zero-order valence-electron chi connectivity index (χ0n) is 12.2. The molecule has 2 nitrogen and oxygen atoms in total. The number of hydrogen-bond acceptors (Lipinski definition) is 1. The fraction of sp³-hybridized carbons (Fsp3) is 0.588. The van der Waals surface area contributed by atoms with Crippen LogP contribution in [0.2, 0.25) is 0 Å². The second-order valence-electron chi connectivity index (χ2n) is 5.81. The zero-order valence-corrected chi connectivity index (χ0v) is 13.0. The Hall–Kier alpha value is -1.02. The van der Waals surface area contributed by atoms with Crippen LogP contribution in [-0.2, 0) is 5.88 Å². The van der Waals surface area contributed by atoms with Gasteiger partial charge in [-0.3, -0.25) is 4.79 Å². The van der Waals surface area contributed by atoms with Crippen molar-refractivity contribution in [2.45, 2.75) is 57.4 Å². The Morgan fingerprint density at radius 3 is 2.40 bits per heavy atom. The second-order valence-corrected chi connectivity index (χ2v) is 6.08. The van der Waals surface area contributed by atoms with Gasteiger partial charge in [-0.1, -0.05) is 31.9 Å². The summed E-state index contributed by atoms with van der Waals surface area (Å²) in [4.78, 5) is 12.2. The first-order valence-electron chi connectivity index (χ1n) is 7.68. The molecule has 0 atom stereocenters. The Kier molecular flexibility index (Phi) is 5.90. The SMILES string of the molecule is CCCC1CCC(NC(=O)c2ccc(CCl)cc2)CC1. The number of amides is 1. The van der Waals surface area contributed by atoms with Crippen LogP contribution in [0, 0.1) is 5.92 Å². The molecule has 0 spiro atoms. The maximum absolute atomic E-state index is 12.2. The van der Waals surface area contributed by atoms with Crippen LogP contribution < -0.4 is 5.32 Å². The van der Waals surface area contributed by atoms with Gasteiger partial charge in [-0.25, -0.2) is 0 Å². The standard InChI is InChI=1S/C17H24ClNO/c1-2-3-13-6-10-16(11-7-13)19-17(20)15-8-4-14(12-18)5-9-15/h4-5,8-9,13,16H,2-3,6-7,10-12H2,1H3,(H,19,20). The fourth-order valence-electron chi connectivity index (χ4n) is 3.02. The molecule has 110 valence electrons. The number of rotatable bonds is 5. The normalized spacial score (nSPS) is 22.5. The Morgan fingerprint density at radius 1 is 1.20 bits per heavy atom. The predicted molar refractivity (Wildman–Crippen MR) is 84.1 cm³/mol. The van der Waals surface area contributed by atoms with Gasteiger partial charge in [0.25, 0.3) is 5.91 Å². The zero-order chi connectivity index (χ0) is 14.4. The number of benzene rings is 1. The van der Waals surface area contributed by atoms with Gasteiger partial charge in [-0.15, -0.1) is 11.6 Å². The van der Waals surface area contributed by atoms with Gasteiger partial charge in [-0.05, 0) is 49.3 Å². The van der Waals surface area contributed by atoms with Crippen molar-refractivity contribution in [1.82, 2.24) is 5.32 Å². The molecule has 0 aromatic heterocycles. The average molecular weight is 294 g/mol. The van der Waals surface area contributed by atoms with Gasteiger partial charge >= 0.3 is 0 Å². The fourth-order valence-corrected chi connectivity index (χ4v) is 3.20. The molecule has 0 unspecified atom stereocenters. The molecule has 0 radical (unpaired) electrons. The van der Waals surface area contributed by atoms with Crippen LogP contribution in [-0.4, -0.2) is 11.9 Å². The molecule has 0 bridgehead atoms. The lowest BCUT2D eigenvalue weighted by Crippen LogP contribution is -2.37. The van der Waals surface area contributed by atoms with E-state index >= 15 is 0 Å². The van der Waals surface area contributed by atoms with E-state index in [9.17, 15) is 4.79 Å². The highest BCUT2D eigenvalue weighted by molar-refractivity contribution is 6.17. The van der Waals surface area contributed by atoms with E-state index in [4.69, 9.17) is 11.6 Å². The molecule has 1 aliphatic carbocycles. The third kappa shape index (κ3) is 4.24. The van der Waals surface area contributed by atoms with Crippen LogP contribution in [0.1, 0.15) is 61.4 Å². The Labute approximate surface area is 126 Å². The molecule has 1 amide bonds. The topological polar surface area (TPSA) is 29.1 Å². The summed E-state index contributed by atoms with van der Waals surface area (Å²) in [5.74, 6) is 1.41. The molecule has 0 saturated heterocycles. The van der Waals surface area contributed by atoms with E-state index in [-0.39, 0.29) is 5.91 Å². The van der Waals surface area contributed by atoms with Gasteiger partial charge in [0.1, 0.15) is 0 Å². The summed E-state index contributed by atoms with van der Waals surface area (Å²) >= 11 is 5.75. The second kappa shape index (κ2) is 7.68. The summed E-state index contributed by atoms with van der Waals surface area (Å²) in [5.41, 5.74) is 1.78. The minimum absolute atomic E-state index is 0.0464. The first-order chi connectivity index (χ1) is 9.72. The highest BCUT2D eigenvalue weighted by Crippen LogP contribution is 2.27. The quantitative estimate of drug-likeness (QED) is 0.795. The van der Waals surface area contributed by atoms with Crippen molar-refractivity contribution in [3.8, 4) is 0 Å². The van der Waals surface area contributed by atoms with E-state index in [2.05, 4.69) is 12.2 Å². The van der Waals surface area contributed by atoms with Gasteiger partial charge in [0, 0.05) is 17.5 Å². The molecule has 3 heteroatoms. The highest BCUT2D eigenvalue weighted by atomic mass is 35.5. The van der Waals surface area contributed by atoms with Crippen LogP contribution in [0.25, 0.3) is 0 Å². The van der Waals surface area contributed by atoms with Gasteiger partial charge in [0.05, 0.1) is 0 Å². The van der Waals surface area contributed by atoms with Crippen LogP contribution >= 0.6 is 11.6 Å². The molecular weight excluding hydrogens is 270 g/mol. The number of hydrogen-bond donors (Lipinski definition) is 1. The van der Waals surface area contributed by atoms with Crippen molar-refractivity contribution in [2.24, 2.45) is 5.92 Å². The Morgan fingerprint density at radius 2 is 1.85 bits per heavy atom. The van der Waals surface area contributed by atoms with Gasteiger partial charge in [0.15, 0.2) is 0 Å². The van der Waals surface area contributed by atoms with Crippen molar-refractivity contribution in [3.05, 3.63) is 35.4 Å². The van der Waals surface area contributed by atoms with Crippen molar-refractivity contribution in [2.75, 3.05) is 0 Å². The van der Waals surface area contributed by atoms with Crippen molar-refractivity contribution in [1.29, 1.82) is 0 Å². The lowest BCUT2D eigenvalue weighted by atomic mass is 9.83. The van der Waals surface area contributed by atoms with E-state index in [0.717, 1.165) is 29.9 Å². The summed E-state index contributed by atoms with van der Waals surface area (Å²) in [5, 5.41) is 3.16. The van der Waals surface area contributed by atoms with E-state index < -0.39 is 0 Å². The number of halogens is 1. The highest BCUT2D eigenvalue weighted by Gasteiger charge is 2.22. The summed E-state index contributed by atoms with van der Waals surface area (Å²) in [6.45, 7) is 2.25. The van der Waals surface area contributed by atoms with Crippen molar-refractivity contribution < 1.29 is 4.79 Å². The summed E-state index contributed by atoms with van der Waals surface area (Å²) in [6.07, 6.45) is 7.36. The molecule has 1 aliphatic rings. The monoisotopic (exact) mass is 293 g/mol. The first kappa shape index (κ1) is 15.4. The van der Waals surface area contributed by atoms with E-state index in [1.165, 1.54) is 25.7 Å². The minimum Gasteiger partial charge on any atom is -0.349 e. The molecule has 1 aromatic rings. The van der Waals surface area contributed by atoms with E-state index in [0.29, 0.717) is 11.9 Å². The number of carbonyl (C=O) groups is 1.